The molecule has 0 aromatic heterocycles. The lowest BCUT2D eigenvalue weighted by Gasteiger charge is -2.62. The summed E-state index contributed by atoms with van der Waals surface area (Å²) in [5.74, 6) is -2.70. The maximum absolute atomic E-state index is 16.3. The van der Waals surface area contributed by atoms with Gasteiger partial charge in [-0.3, -0.25) is 24.6 Å². The van der Waals surface area contributed by atoms with E-state index in [-0.39, 0.29) is 71.8 Å². The predicted molar refractivity (Wildman–Crippen MR) is 159 cm³/mol. The molecule has 3 saturated carbocycles. The number of alkyl halides is 1. The second-order valence-electron chi connectivity index (χ2n) is 15.1. The fraction of sp³-hybridized carbons (Fsp3) is 0.871. The molecule has 3 N–H and O–H groups in total. The molecule has 0 bridgehead atoms. The number of ketones is 1. The highest BCUT2D eigenvalue weighted by Crippen LogP contribution is 2.48. The highest BCUT2D eigenvalue weighted by atomic mass is 19.1. The number of aliphatic carboxylic acids is 1. The maximum atomic E-state index is 16.3. The lowest BCUT2D eigenvalue weighted by Crippen LogP contribution is -2.75. The number of halogens is 1. The number of nitrogens with one attached hydrogen (secondary N) is 2. The highest BCUT2D eigenvalue weighted by molar-refractivity contribution is 6.18. The zero-order valence-electron chi connectivity index (χ0n) is 26.6. The highest BCUT2D eigenvalue weighted by Gasteiger charge is 2.62. The van der Waals surface area contributed by atoms with Gasteiger partial charge >= 0.3 is 5.97 Å². The zero-order valence-corrected chi connectivity index (χ0v) is 26.6. The Morgan fingerprint density at radius 2 is 1.91 bits per heavy atom. The van der Waals surface area contributed by atoms with Crippen LogP contribution >= 0.6 is 0 Å². The number of carboxylic acids is 1. The molecule has 256 valence electrons. The van der Waals surface area contributed by atoms with Crippen molar-refractivity contribution in [1.82, 2.24) is 20.6 Å². The van der Waals surface area contributed by atoms with Gasteiger partial charge in [0, 0.05) is 61.1 Å². The Bertz CT molecular complexity index is 1250. The van der Waals surface area contributed by atoms with E-state index < -0.39 is 48.1 Å². The molecule has 4 heterocycles. The van der Waals surface area contributed by atoms with Crippen LogP contribution in [-0.4, -0.2) is 130 Å². The molecule has 12 unspecified atom stereocenters. The van der Waals surface area contributed by atoms with Crippen molar-refractivity contribution in [2.75, 3.05) is 19.9 Å². The van der Waals surface area contributed by atoms with Crippen molar-refractivity contribution in [1.29, 1.82) is 0 Å². The normalized spacial score (nSPS) is 44.0. The van der Waals surface area contributed by atoms with E-state index in [4.69, 9.17) is 19.0 Å². The SMILES string of the molecule is CC(C)(C)OCON[C@H]1CCN(C2C(F)CC3C(=O)C(C(=O)O)=CN4C5CC6OC7CC([N+](=O)[O-])CCC7NC6CC5OC2C34)C1. The number of nitro groups is 1. The minimum Gasteiger partial charge on any atom is -0.478 e. The Kier molecular flexibility index (Phi) is 8.64. The van der Waals surface area contributed by atoms with Gasteiger partial charge in [-0.1, -0.05) is 0 Å². The summed E-state index contributed by atoms with van der Waals surface area (Å²) in [6.07, 6.45) is 1.84. The number of hydroxylamine groups is 1. The van der Waals surface area contributed by atoms with Gasteiger partial charge in [-0.25, -0.2) is 9.18 Å². The molecule has 7 aliphatic rings. The first-order valence-electron chi connectivity index (χ1n) is 16.7. The molecule has 0 spiro atoms. The van der Waals surface area contributed by atoms with Crippen molar-refractivity contribution in [2.24, 2.45) is 5.92 Å². The third-order valence-electron chi connectivity index (χ3n) is 11.2. The first-order valence-corrected chi connectivity index (χ1v) is 16.7. The number of rotatable bonds is 7. The van der Waals surface area contributed by atoms with Crippen LogP contribution in [0, 0.1) is 16.0 Å². The van der Waals surface area contributed by atoms with Gasteiger partial charge in [-0.05, 0) is 52.9 Å². The van der Waals surface area contributed by atoms with Crippen LogP contribution in [0.3, 0.4) is 0 Å². The van der Waals surface area contributed by atoms with E-state index in [1.807, 2.05) is 25.7 Å². The number of morpholine rings is 2. The van der Waals surface area contributed by atoms with Crippen LogP contribution in [0.2, 0.25) is 0 Å². The standard InChI is InChI=1S/C31H46FN5O9/c1-31(2,3)43-14-44-34-15-6-7-35(12-15)27-19(32)9-17-26-29(27)46-25-10-21-24(11-22(25)36(26)13-18(28(17)38)30(39)40)45-23-8-16(37(41)42)4-5-20(23)33-21/h13,15-17,19-27,29,33-34H,4-12,14H2,1-3H3,(H,39,40)/t15-,16?,17?,19?,20?,21?,22?,23?,24?,25?,26?,27?,29?/m0/s1. The Balaban J connectivity index is 1.11. The molecule has 14 nitrogen and oxygen atoms in total. The summed E-state index contributed by atoms with van der Waals surface area (Å²) in [4.78, 5) is 46.6. The fourth-order valence-electron chi connectivity index (χ4n) is 9.12. The quantitative estimate of drug-likeness (QED) is 0.118. The summed E-state index contributed by atoms with van der Waals surface area (Å²) in [5.41, 5.74) is 2.39. The number of hydrogen-bond acceptors (Lipinski definition) is 12. The molecule has 13 atom stereocenters. The predicted octanol–water partition coefficient (Wildman–Crippen LogP) is 1.16. The molecule has 3 aliphatic carbocycles. The molecule has 4 aliphatic heterocycles. The van der Waals surface area contributed by atoms with Gasteiger partial charge in [-0.2, -0.15) is 5.48 Å². The lowest BCUT2D eigenvalue weighted by atomic mass is 9.69. The second-order valence-corrected chi connectivity index (χ2v) is 15.1. The third kappa shape index (κ3) is 5.96. The number of Topliss-reactive ketones (excluding diaryl/α,β-unsaturated/α-hetero) is 1. The molecule has 6 fully saturated rings. The van der Waals surface area contributed by atoms with Crippen molar-refractivity contribution in [2.45, 2.75) is 144 Å². The zero-order chi connectivity index (χ0) is 32.5. The average Bonchev–Trinajstić information content (AvgIpc) is 3.45. The Labute approximate surface area is 267 Å². The van der Waals surface area contributed by atoms with Gasteiger partial charge in [0.1, 0.15) is 11.7 Å². The monoisotopic (exact) mass is 651 g/mol. The molecular formula is C31H46FN5O9. The van der Waals surface area contributed by atoms with Gasteiger partial charge < -0.3 is 29.5 Å². The Morgan fingerprint density at radius 1 is 1.13 bits per heavy atom. The van der Waals surface area contributed by atoms with Crippen LogP contribution in [0.1, 0.15) is 65.7 Å². The summed E-state index contributed by atoms with van der Waals surface area (Å²) in [6, 6.07) is -2.08. The van der Waals surface area contributed by atoms with Crippen LogP contribution in [0.5, 0.6) is 0 Å². The summed E-state index contributed by atoms with van der Waals surface area (Å²) in [6.45, 7) is 7.07. The minimum atomic E-state index is -1.38. The summed E-state index contributed by atoms with van der Waals surface area (Å²) in [5, 5.41) is 25.2. The molecule has 0 amide bonds. The maximum Gasteiger partial charge on any atom is 0.340 e. The van der Waals surface area contributed by atoms with E-state index in [9.17, 15) is 24.8 Å². The molecule has 0 radical (unpaired) electrons. The Morgan fingerprint density at radius 3 is 2.65 bits per heavy atom. The molecule has 15 heteroatoms. The minimum absolute atomic E-state index is 0.0172. The third-order valence-corrected chi connectivity index (χ3v) is 11.2. The Hall–Kier alpha value is -2.27. The number of likely N-dealkylation sites (tertiary alicyclic amines) is 1. The molecule has 3 saturated heterocycles. The number of hydrogen-bond donors (Lipinski definition) is 3. The van der Waals surface area contributed by atoms with Crippen LogP contribution in [0.4, 0.5) is 4.39 Å². The summed E-state index contributed by atoms with van der Waals surface area (Å²) < 4.78 is 35.3. The molecule has 0 aromatic rings. The smallest absolute Gasteiger partial charge is 0.340 e. The van der Waals surface area contributed by atoms with E-state index in [0.29, 0.717) is 45.2 Å². The van der Waals surface area contributed by atoms with Gasteiger partial charge in [0.05, 0.1) is 48.1 Å². The number of carboxylic acid groups (broad SMARTS) is 1. The van der Waals surface area contributed by atoms with Crippen molar-refractivity contribution in [3.05, 3.63) is 21.9 Å². The topological polar surface area (TPSA) is 165 Å². The van der Waals surface area contributed by atoms with Crippen molar-refractivity contribution in [3.8, 4) is 0 Å². The molecular weight excluding hydrogens is 605 g/mol. The average molecular weight is 652 g/mol. The van der Waals surface area contributed by atoms with Gasteiger partial charge in [0.15, 0.2) is 12.6 Å². The van der Waals surface area contributed by atoms with E-state index in [1.54, 1.807) is 0 Å². The van der Waals surface area contributed by atoms with Crippen LogP contribution < -0.4 is 10.8 Å². The van der Waals surface area contributed by atoms with Crippen LogP contribution in [0.15, 0.2) is 11.8 Å². The lowest BCUT2D eigenvalue weighted by molar-refractivity contribution is -0.529. The van der Waals surface area contributed by atoms with Gasteiger partial charge in [0.2, 0.25) is 6.04 Å². The van der Waals surface area contributed by atoms with Crippen LogP contribution in [0.25, 0.3) is 0 Å². The number of carbonyl (C=O) groups is 2. The first-order chi connectivity index (χ1) is 21.9. The molecule has 46 heavy (non-hydrogen) atoms. The number of carbonyl (C=O) groups excluding carboxylic acids is 1. The van der Waals surface area contributed by atoms with E-state index >= 15 is 4.39 Å². The van der Waals surface area contributed by atoms with Crippen molar-refractivity contribution >= 4 is 11.8 Å². The first kappa shape index (κ1) is 32.3. The number of ether oxygens (including phenoxy) is 3. The van der Waals surface area contributed by atoms with Crippen molar-refractivity contribution < 1.29 is 43.1 Å². The number of fused-ring (bicyclic) bond motifs is 4. The molecule has 0 aromatic carbocycles. The number of nitrogens with zero attached hydrogens (tertiary/aromatic N) is 3. The van der Waals surface area contributed by atoms with Gasteiger partial charge in [0.25, 0.3) is 0 Å². The van der Waals surface area contributed by atoms with E-state index in [0.717, 1.165) is 6.42 Å². The fourth-order valence-corrected chi connectivity index (χ4v) is 9.12. The van der Waals surface area contributed by atoms with Gasteiger partial charge in [-0.15, -0.1) is 0 Å². The van der Waals surface area contributed by atoms with E-state index in [1.165, 1.54) is 6.20 Å². The van der Waals surface area contributed by atoms with E-state index in [2.05, 4.69) is 15.7 Å². The second kappa shape index (κ2) is 12.3. The van der Waals surface area contributed by atoms with Crippen molar-refractivity contribution in [3.63, 3.8) is 0 Å². The summed E-state index contributed by atoms with van der Waals surface area (Å²) in [7, 11) is 0. The largest absolute Gasteiger partial charge is 0.478 e. The summed E-state index contributed by atoms with van der Waals surface area (Å²) >= 11 is 0. The molecule has 7 rings (SSSR count). The van der Waals surface area contributed by atoms with Crippen LogP contribution in [-0.2, 0) is 28.6 Å².